The van der Waals surface area contributed by atoms with Gasteiger partial charge in [-0.25, -0.2) is 4.98 Å². The molecule has 0 saturated heterocycles. The number of carbonyl (C=O) groups is 1. The van der Waals surface area contributed by atoms with Crippen molar-refractivity contribution in [3.05, 3.63) is 30.5 Å². The van der Waals surface area contributed by atoms with Gasteiger partial charge in [-0.1, -0.05) is 24.5 Å². The van der Waals surface area contributed by atoms with Crippen molar-refractivity contribution >= 4 is 11.6 Å². The van der Waals surface area contributed by atoms with Crippen LogP contribution in [-0.4, -0.2) is 49.6 Å². The molecular weight excluding hydrogens is 356 g/mol. The molecule has 9 nitrogen and oxygen atoms in total. The SMILES string of the molecule is NC1(N2CC([C@@H](NC(=O)c3cn4ccncc4n3)C3CCCCC3)N=N2)CC1. The number of fused-ring (bicyclic) bond motifs is 1. The predicted octanol–water partition coefficient (Wildman–Crippen LogP) is 1.91. The first kappa shape index (κ1) is 17.5. The van der Waals surface area contributed by atoms with Crippen LogP contribution in [0.1, 0.15) is 55.4 Å². The Bertz CT molecular complexity index is 865. The predicted molar refractivity (Wildman–Crippen MR) is 102 cm³/mol. The third-order valence-corrected chi connectivity index (χ3v) is 6.31. The first-order valence-corrected chi connectivity index (χ1v) is 10.2. The Balaban J connectivity index is 1.35. The molecule has 3 heterocycles. The number of imidazole rings is 1. The molecule has 148 valence electrons. The third-order valence-electron chi connectivity index (χ3n) is 6.31. The molecule has 0 aromatic carbocycles. The van der Waals surface area contributed by atoms with Gasteiger partial charge in [-0.2, -0.15) is 5.11 Å². The Morgan fingerprint density at radius 2 is 2.11 bits per heavy atom. The Morgan fingerprint density at radius 1 is 1.29 bits per heavy atom. The second-order valence-electron chi connectivity index (χ2n) is 8.32. The quantitative estimate of drug-likeness (QED) is 0.820. The number of rotatable bonds is 5. The lowest BCUT2D eigenvalue weighted by molar-refractivity contribution is 0.0892. The van der Waals surface area contributed by atoms with Crippen molar-refractivity contribution in [1.29, 1.82) is 0 Å². The molecule has 2 aromatic heterocycles. The fraction of sp³-hybridized carbons (Fsp3) is 0.632. The molecule has 1 aliphatic heterocycles. The summed E-state index contributed by atoms with van der Waals surface area (Å²) in [5.74, 6) is 0.245. The highest BCUT2D eigenvalue weighted by atomic mass is 16.2. The van der Waals surface area contributed by atoms with Gasteiger partial charge in [0.15, 0.2) is 5.65 Å². The molecular formula is C19H26N8O. The van der Waals surface area contributed by atoms with Crippen molar-refractivity contribution in [1.82, 2.24) is 24.7 Å². The van der Waals surface area contributed by atoms with Crippen molar-refractivity contribution in [2.75, 3.05) is 6.54 Å². The second kappa shape index (κ2) is 6.80. The highest BCUT2D eigenvalue weighted by molar-refractivity contribution is 5.93. The average molecular weight is 382 g/mol. The number of carbonyl (C=O) groups excluding carboxylic acids is 1. The summed E-state index contributed by atoms with van der Waals surface area (Å²) in [7, 11) is 0. The largest absolute Gasteiger partial charge is 0.345 e. The molecule has 1 unspecified atom stereocenters. The minimum absolute atomic E-state index is 0.0492. The highest BCUT2D eigenvalue weighted by Crippen LogP contribution is 2.39. The number of amides is 1. The molecule has 28 heavy (non-hydrogen) atoms. The monoisotopic (exact) mass is 382 g/mol. The van der Waals surface area contributed by atoms with Gasteiger partial charge in [0.1, 0.15) is 17.4 Å². The van der Waals surface area contributed by atoms with Crippen molar-refractivity contribution < 1.29 is 4.79 Å². The van der Waals surface area contributed by atoms with E-state index in [0.717, 1.165) is 25.7 Å². The fourth-order valence-electron chi connectivity index (χ4n) is 4.42. The summed E-state index contributed by atoms with van der Waals surface area (Å²) in [5.41, 5.74) is 7.03. The summed E-state index contributed by atoms with van der Waals surface area (Å²) < 4.78 is 1.81. The zero-order valence-electron chi connectivity index (χ0n) is 15.9. The number of nitrogens with zero attached hydrogens (tertiary/aromatic N) is 6. The standard InChI is InChI=1S/C19H26N8O/c20-19(6-7-19)27-12-14(24-25-27)17(13-4-2-1-3-5-13)23-18(28)15-11-26-9-8-21-10-16(26)22-15/h8-11,13-14,17H,1-7,12,20H2,(H,23,28)/t14?,17-/m0/s1. The molecule has 2 aliphatic carbocycles. The summed E-state index contributed by atoms with van der Waals surface area (Å²) in [4.78, 5) is 21.5. The molecule has 0 bridgehead atoms. The molecule has 9 heteroatoms. The molecule has 2 aromatic rings. The van der Waals surface area contributed by atoms with E-state index in [4.69, 9.17) is 5.73 Å². The van der Waals surface area contributed by atoms with E-state index in [2.05, 4.69) is 25.6 Å². The van der Waals surface area contributed by atoms with Gasteiger partial charge in [-0.3, -0.25) is 14.8 Å². The lowest BCUT2D eigenvalue weighted by atomic mass is 9.81. The maximum absolute atomic E-state index is 13.0. The van der Waals surface area contributed by atoms with Crippen LogP contribution in [0.15, 0.2) is 35.1 Å². The Hall–Kier alpha value is -2.55. The van der Waals surface area contributed by atoms with E-state index in [1.807, 2.05) is 5.01 Å². The number of hydrogen-bond acceptors (Lipinski definition) is 7. The van der Waals surface area contributed by atoms with Crippen LogP contribution in [-0.2, 0) is 0 Å². The molecule has 3 aliphatic rings. The summed E-state index contributed by atoms with van der Waals surface area (Å²) in [6, 6.07) is -0.112. The minimum Gasteiger partial charge on any atom is -0.345 e. The van der Waals surface area contributed by atoms with Gasteiger partial charge in [0, 0.05) is 18.6 Å². The first-order chi connectivity index (χ1) is 13.6. The maximum Gasteiger partial charge on any atom is 0.271 e. The molecule has 5 rings (SSSR count). The number of hydrogen-bond donors (Lipinski definition) is 2. The van der Waals surface area contributed by atoms with Crippen molar-refractivity contribution in [3.63, 3.8) is 0 Å². The van der Waals surface area contributed by atoms with Crippen LogP contribution in [0.25, 0.3) is 5.65 Å². The van der Waals surface area contributed by atoms with E-state index in [0.29, 0.717) is 23.8 Å². The summed E-state index contributed by atoms with van der Waals surface area (Å²) in [6.07, 6.45) is 14.6. The van der Waals surface area contributed by atoms with Gasteiger partial charge >= 0.3 is 0 Å². The zero-order valence-corrected chi connectivity index (χ0v) is 15.9. The second-order valence-corrected chi connectivity index (χ2v) is 8.32. The van der Waals surface area contributed by atoms with Crippen LogP contribution in [0.5, 0.6) is 0 Å². The normalized spacial score (nSPS) is 25.2. The van der Waals surface area contributed by atoms with Gasteiger partial charge in [-0.15, -0.1) is 0 Å². The van der Waals surface area contributed by atoms with E-state index in [1.54, 1.807) is 29.2 Å². The van der Waals surface area contributed by atoms with Crippen LogP contribution in [0.2, 0.25) is 0 Å². The molecule has 3 N–H and O–H groups in total. The molecule has 0 spiro atoms. The van der Waals surface area contributed by atoms with E-state index >= 15 is 0 Å². The molecule has 1 amide bonds. The van der Waals surface area contributed by atoms with E-state index < -0.39 is 0 Å². The van der Waals surface area contributed by atoms with E-state index in [-0.39, 0.29) is 23.7 Å². The smallest absolute Gasteiger partial charge is 0.271 e. The average Bonchev–Trinajstić information content (AvgIpc) is 3.14. The van der Waals surface area contributed by atoms with Gasteiger partial charge in [0.2, 0.25) is 0 Å². The Morgan fingerprint density at radius 3 is 2.86 bits per heavy atom. The highest BCUT2D eigenvalue weighted by Gasteiger charge is 2.48. The minimum atomic E-state index is -0.325. The lowest BCUT2D eigenvalue weighted by Gasteiger charge is -2.33. The third kappa shape index (κ3) is 3.23. The van der Waals surface area contributed by atoms with Crippen molar-refractivity contribution in [3.8, 4) is 0 Å². The van der Waals surface area contributed by atoms with E-state index in [9.17, 15) is 4.79 Å². The van der Waals surface area contributed by atoms with Crippen LogP contribution in [0.3, 0.4) is 0 Å². The van der Waals surface area contributed by atoms with Gasteiger partial charge in [0.05, 0.1) is 18.8 Å². The number of nitrogens with one attached hydrogen (secondary N) is 1. The van der Waals surface area contributed by atoms with Gasteiger partial charge < -0.3 is 15.5 Å². The Kier molecular flexibility index (Phi) is 4.26. The lowest BCUT2D eigenvalue weighted by Crippen LogP contribution is -2.51. The van der Waals surface area contributed by atoms with Crippen LogP contribution in [0, 0.1) is 5.92 Å². The summed E-state index contributed by atoms with van der Waals surface area (Å²) in [5, 5.41) is 14.0. The Labute approximate surface area is 163 Å². The van der Waals surface area contributed by atoms with Crippen molar-refractivity contribution in [2.24, 2.45) is 22.0 Å². The number of aromatic nitrogens is 3. The van der Waals surface area contributed by atoms with Crippen LogP contribution < -0.4 is 11.1 Å². The van der Waals surface area contributed by atoms with Crippen molar-refractivity contribution in [2.45, 2.75) is 62.7 Å². The number of nitrogens with two attached hydrogens (primary N) is 1. The topological polar surface area (TPSA) is 113 Å². The maximum atomic E-state index is 13.0. The molecule has 0 radical (unpaired) electrons. The van der Waals surface area contributed by atoms with Gasteiger partial charge in [-0.05, 0) is 31.6 Å². The van der Waals surface area contributed by atoms with E-state index in [1.165, 1.54) is 19.3 Å². The molecule has 2 atom stereocenters. The van der Waals surface area contributed by atoms with Crippen LogP contribution in [0.4, 0.5) is 0 Å². The first-order valence-electron chi connectivity index (χ1n) is 10.2. The zero-order chi connectivity index (χ0) is 19.1. The fourth-order valence-corrected chi connectivity index (χ4v) is 4.42. The molecule has 2 fully saturated rings. The summed E-state index contributed by atoms with van der Waals surface area (Å²) in [6.45, 7) is 0.674. The molecule has 2 saturated carbocycles. The van der Waals surface area contributed by atoms with Crippen LogP contribution >= 0.6 is 0 Å². The summed E-state index contributed by atoms with van der Waals surface area (Å²) >= 11 is 0. The van der Waals surface area contributed by atoms with Gasteiger partial charge in [0.25, 0.3) is 5.91 Å².